The highest BCUT2D eigenvalue weighted by atomic mass is 16.5. The third kappa shape index (κ3) is 3.43. The number of nitrogens with zero attached hydrogens (tertiary/aromatic N) is 2. The van der Waals surface area contributed by atoms with E-state index in [0.29, 0.717) is 17.4 Å². The molecule has 1 aliphatic heterocycles. The quantitative estimate of drug-likeness (QED) is 0.570. The number of allylic oxidation sites excluding steroid dienone is 1. The van der Waals surface area contributed by atoms with Gasteiger partial charge in [0.2, 0.25) is 5.89 Å². The monoisotopic (exact) mass is 416 g/mol. The van der Waals surface area contributed by atoms with Crippen LogP contribution in [0.3, 0.4) is 0 Å². The van der Waals surface area contributed by atoms with E-state index >= 15 is 0 Å². The summed E-state index contributed by atoms with van der Waals surface area (Å²) in [5, 5.41) is 0. The van der Waals surface area contributed by atoms with Crippen molar-refractivity contribution in [3.8, 4) is 23.0 Å². The Kier molecular flexibility index (Phi) is 5.06. The average molecular weight is 417 g/mol. The molecule has 5 heteroatoms. The SMILES string of the molecule is COc1cccc(-c2nc(CN3CCC4(C=Cc5ccccc54)CC3)c(C)o2)c1OC. The smallest absolute Gasteiger partial charge is 0.230 e. The first-order valence-corrected chi connectivity index (χ1v) is 10.8. The van der Waals surface area contributed by atoms with E-state index in [2.05, 4.69) is 41.3 Å². The van der Waals surface area contributed by atoms with Gasteiger partial charge in [-0.3, -0.25) is 4.90 Å². The first kappa shape index (κ1) is 19.9. The van der Waals surface area contributed by atoms with Crippen molar-refractivity contribution in [2.45, 2.75) is 31.7 Å². The Morgan fingerprint density at radius 1 is 1.03 bits per heavy atom. The highest BCUT2D eigenvalue weighted by Gasteiger charge is 2.38. The standard InChI is InChI=1S/C26H28N2O3/c1-18-22(27-25(31-18)20-8-6-10-23(29-2)24(20)30-3)17-28-15-13-26(14-16-28)12-11-19-7-4-5-9-21(19)26/h4-12H,13-17H2,1-3H3. The van der Waals surface area contributed by atoms with Crippen LogP contribution in [0, 0.1) is 6.92 Å². The van der Waals surface area contributed by atoms with E-state index in [4.69, 9.17) is 18.9 Å². The van der Waals surface area contributed by atoms with Crippen LogP contribution in [0.25, 0.3) is 17.5 Å². The van der Waals surface area contributed by atoms with Gasteiger partial charge in [0.1, 0.15) is 5.76 Å². The summed E-state index contributed by atoms with van der Waals surface area (Å²) in [5.74, 6) is 2.74. The summed E-state index contributed by atoms with van der Waals surface area (Å²) in [5.41, 5.74) is 4.85. The van der Waals surface area contributed by atoms with Crippen LogP contribution in [-0.2, 0) is 12.0 Å². The van der Waals surface area contributed by atoms with E-state index in [0.717, 1.165) is 49.5 Å². The lowest BCUT2D eigenvalue weighted by Crippen LogP contribution is -2.40. The first-order chi connectivity index (χ1) is 15.1. The summed E-state index contributed by atoms with van der Waals surface area (Å²) in [6.45, 7) is 4.87. The molecule has 0 radical (unpaired) electrons. The van der Waals surface area contributed by atoms with Gasteiger partial charge in [-0.15, -0.1) is 0 Å². The molecule has 0 N–H and O–H groups in total. The average Bonchev–Trinajstić information content (AvgIpc) is 3.35. The van der Waals surface area contributed by atoms with E-state index in [9.17, 15) is 0 Å². The lowest BCUT2D eigenvalue weighted by atomic mass is 9.74. The Morgan fingerprint density at radius 2 is 1.84 bits per heavy atom. The Morgan fingerprint density at radius 3 is 2.61 bits per heavy atom. The number of benzene rings is 2. The minimum Gasteiger partial charge on any atom is -0.493 e. The Labute approximate surface area is 183 Å². The molecule has 31 heavy (non-hydrogen) atoms. The maximum atomic E-state index is 6.04. The van der Waals surface area contributed by atoms with E-state index in [-0.39, 0.29) is 5.41 Å². The molecule has 3 aromatic rings. The molecule has 160 valence electrons. The number of fused-ring (bicyclic) bond motifs is 2. The van der Waals surface area contributed by atoms with Crippen LogP contribution in [0.5, 0.6) is 11.5 Å². The molecule has 1 saturated heterocycles. The maximum absolute atomic E-state index is 6.04. The first-order valence-electron chi connectivity index (χ1n) is 10.8. The molecule has 0 amide bonds. The van der Waals surface area contributed by atoms with Gasteiger partial charge in [-0.05, 0) is 56.1 Å². The van der Waals surface area contributed by atoms with Crippen LogP contribution in [0.1, 0.15) is 35.4 Å². The number of aromatic nitrogens is 1. The summed E-state index contributed by atoms with van der Waals surface area (Å²) >= 11 is 0. The molecule has 0 atom stereocenters. The predicted octanol–water partition coefficient (Wildman–Crippen LogP) is 5.23. The van der Waals surface area contributed by atoms with Crippen molar-refractivity contribution >= 4 is 6.08 Å². The van der Waals surface area contributed by atoms with E-state index < -0.39 is 0 Å². The molecular weight excluding hydrogens is 388 g/mol. The Bertz CT molecular complexity index is 1120. The molecule has 2 aliphatic rings. The normalized spacial score (nSPS) is 17.1. The Balaban J connectivity index is 1.32. The largest absolute Gasteiger partial charge is 0.493 e. The zero-order valence-corrected chi connectivity index (χ0v) is 18.4. The predicted molar refractivity (Wildman–Crippen MR) is 121 cm³/mol. The number of hydrogen-bond donors (Lipinski definition) is 0. The fourth-order valence-electron chi connectivity index (χ4n) is 4.94. The molecule has 1 fully saturated rings. The van der Waals surface area contributed by atoms with Gasteiger partial charge in [-0.25, -0.2) is 4.98 Å². The fraction of sp³-hybridized carbons (Fsp3) is 0.346. The van der Waals surface area contributed by atoms with Gasteiger partial charge < -0.3 is 13.9 Å². The Hall–Kier alpha value is -3.05. The summed E-state index contributed by atoms with van der Waals surface area (Å²) < 4.78 is 17.0. The zero-order valence-electron chi connectivity index (χ0n) is 18.4. The number of rotatable bonds is 5. The fourth-order valence-corrected chi connectivity index (χ4v) is 4.94. The number of ether oxygens (including phenoxy) is 2. The van der Waals surface area contributed by atoms with Gasteiger partial charge in [-0.2, -0.15) is 0 Å². The molecule has 2 heterocycles. The van der Waals surface area contributed by atoms with Crippen molar-refractivity contribution in [1.82, 2.24) is 9.88 Å². The van der Waals surface area contributed by atoms with Gasteiger partial charge in [-0.1, -0.05) is 42.5 Å². The van der Waals surface area contributed by atoms with Crippen molar-refractivity contribution in [2.75, 3.05) is 27.3 Å². The second-order valence-electron chi connectivity index (χ2n) is 8.42. The van der Waals surface area contributed by atoms with E-state index in [1.807, 2.05) is 25.1 Å². The van der Waals surface area contributed by atoms with Gasteiger partial charge in [0, 0.05) is 12.0 Å². The van der Waals surface area contributed by atoms with Gasteiger partial charge in [0.25, 0.3) is 0 Å². The molecule has 1 aromatic heterocycles. The second-order valence-corrected chi connectivity index (χ2v) is 8.42. The number of likely N-dealkylation sites (tertiary alicyclic amines) is 1. The van der Waals surface area contributed by atoms with Gasteiger partial charge >= 0.3 is 0 Å². The molecule has 0 unspecified atom stereocenters. The lowest BCUT2D eigenvalue weighted by molar-refractivity contribution is 0.175. The van der Waals surface area contributed by atoms with Crippen LogP contribution in [0.2, 0.25) is 0 Å². The third-order valence-corrected chi connectivity index (χ3v) is 6.73. The number of piperidine rings is 1. The summed E-state index contributed by atoms with van der Waals surface area (Å²) in [4.78, 5) is 7.31. The molecule has 2 aromatic carbocycles. The lowest BCUT2D eigenvalue weighted by Gasteiger charge is -2.39. The van der Waals surface area contributed by atoms with Gasteiger partial charge in [0.15, 0.2) is 11.5 Å². The van der Waals surface area contributed by atoms with Crippen LogP contribution < -0.4 is 9.47 Å². The number of methoxy groups -OCH3 is 2. The molecular formula is C26H28N2O3. The van der Waals surface area contributed by atoms with Crippen LogP contribution in [0.4, 0.5) is 0 Å². The number of oxazole rings is 1. The molecule has 1 spiro atoms. The number of para-hydroxylation sites is 1. The second kappa shape index (κ2) is 7.89. The topological polar surface area (TPSA) is 47.7 Å². The van der Waals surface area contributed by atoms with Gasteiger partial charge in [0.05, 0.1) is 25.5 Å². The molecule has 5 nitrogen and oxygen atoms in total. The zero-order chi connectivity index (χ0) is 21.4. The van der Waals surface area contributed by atoms with Crippen LogP contribution in [-0.4, -0.2) is 37.2 Å². The molecule has 1 aliphatic carbocycles. The number of hydrogen-bond acceptors (Lipinski definition) is 5. The maximum Gasteiger partial charge on any atom is 0.230 e. The van der Waals surface area contributed by atoms with Crippen molar-refractivity contribution in [3.63, 3.8) is 0 Å². The van der Waals surface area contributed by atoms with Crippen LogP contribution >= 0.6 is 0 Å². The molecule has 0 saturated carbocycles. The third-order valence-electron chi connectivity index (χ3n) is 6.73. The summed E-state index contributed by atoms with van der Waals surface area (Å²) in [6.07, 6.45) is 6.98. The van der Waals surface area contributed by atoms with E-state index in [1.165, 1.54) is 11.1 Å². The number of aryl methyl sites for hydroxylation is 1. The van der Waals surface area contributed by atoms with Crippen molar-refractivity contribution in [3.05, 3.63) is 71.1 Å². The summed E-state index contributed by atoms with van der Waals surface area (Å²) in [6, 6.07) is 14.5. The molecule has 5 rings (SSSR count). The van der Waals surface area contributed by atoms with Crippen LogP contribution in [0.15, 0.2) is 53.0 Å². The minimum atomic E-state index is 0.199. The summed E-state index contributed by atoms with van der Waals surface area (Å²) in [7, 11) is 3.27. The highest BCUT2D eigenvalue weighted by molar-refractivity contribution is 5.68. The molecule has 0 bridgehead atoms. The highest BCUT2D eigenvalue weighted by Crippen LogP contribution is 2.44. The van der Waals surface area contributed by atoms with E-state index in [1.54, 1.807) is 14.2 Å². The van der Waals surface area contributed by atoms with Crippen molar-refractivity contribution in [2.24, 2.45) is 0 Å². The van der Waals surface area contributed by atoms with Crippen molar-refractivity contribution in [1.29, 1.82) is 0 Å². The minimum absolute atomic E-state index is 0.199. The van der Waals surface area contributed by atoms with Crippen molar-refractivity contribution < 1.29 is 13.9 Å².